The van der Waals surface area contributed by atoms with Crippen molar-refractivity contribution in [1.82, 2.24) is 0 Å². The highest BCUT2D eigenvalue weighted by molar-refractivity contribution is 6.23. The molecule has 0 spiro atoms. The molecule has 0 aliphatic carbocycles. The molecule has 0 saturated heterocycles. The maximum atomic E-state index is 2.34. The van der Waals surface area contributed by atoms with E-state index in [-0.39, 0.29) is 5.41 Å². The molecule has 0 N–H and O–H groups in total. The summed E-state index contributed by atoms with van der Waals surface area (Å²) in [5.41, 5.74) is 5.58. The standard InChI is InChI=1S/C24H23/c1-16-13-14-18-17-9-5-6-10-19(17)23(21(18)15-16)20-11-7-8-12-22(20)24(2,3)4/h5-15H,1-4H3/q-1. The van der Waals surface area contributed by atoms with E-state index in [9.17, 15) is 0 Å². The third-order valence-electron chi connectivity index (χ3n) is 4.94. The Balaban J connectivity index is 2.20. The highest BCUT2D eigenvalue weighted by Gasteiger charge is 2.19. The fourth-order valence-corrected chi connectivity index (χ4v) is 3.83. The second kappa shape index (κ2) is 5.27. The van der Waals surface area contributed by atoms with Gasteiger partial charge >= 0.3 is 0 Å². The molecular weight excluding hydrogens is 288 g/mol. The molecule has 0 amide bonds. The van der Waals surface area contributed by atoms with Crippen molar-refractivity contribution in [3.63, 3.8) is 0 Å². The van der Waals surface area contributed by atoms with Crippen molar-refractivity contribution in [3.05, 3.63) is 77.9 Å². The van der Waals surface area contributed by atoms with Gasteiger partial charge in [0.25, 0.3) is 0 Å². The molecule has 24 heavy (non-hydrogen) atoms. The average molecular weight is 311 g/mol. The summed E-state index contributed by atoms with van der Waals surface area (Å²) in [7, 11) is 0. The number of rotatable bonds is 1. The largest absolute Gasteiger partial charge is 0.112 e. The monoisotopic (exact) mass is 311 g/mol. The molecule has 4 aromatic rings. The Hall–Kier alpha value is -2.47. The van der Waals surface area contributed by atoms with Crippen molar-refractivity contribution in [2.45, 2.75) is 33.1 Å². The number of benzene rings is 3. The zero-order chi connectivity index (χ0) is 16.9. The van der Waals surface area contributed by atoms with E-state index in [1.165, 1.54) is 43.8 Å². The van der Waals surface area contributed by atoms with E-state index in [2.05, 4.69) is 94.4 Å². The first-order valence-corrected chi connectivity index (χ1v) is 8.64. The van der Waals surface area contributed by atoms with E-state index in [0.717, 1.165) is 0 Å². The molecule has 0 bridgehead atoms. The Morgan fingerprint density at radius 1 is 0.792 bits per heavy atom. The first kappa shape index (κ1) is 15.1. The molecule has 0 radical (unpaired) electrons. The zero-order valence-corrected chi connectivity index (χ0v) is 14.9. The highest BCUT2D eigenvalue weighted by atomic mass is 14.3. The molecule has 4 aromatic carbocycles. The van der Waals surface area contributed by atoms with Gasteiger partial charge in [0.1, 0.15) is 0 Å². The van der Waals surface area contributed by atoms with Crippen LogP contribution in [0.15, 0.2) is 66.7 Å². The fraction of sp³-hybridized carbons (Fsp3) is 0.208. The van der Waals surface area contributed by atoms with Gasteiger partial charge in [-0.2, -0.15) is 0 Å². The lowest BCUT2D eigenvalue weighted by Gasteiger charge is -2.25. The van der Waals surface area contributed by atoms with Crippen LogP contribution in [0, 0.1) is 6.92 Å². The van der Waals surface area contributed by atoms with Gasteiger partial charge in [0, 0.05) is 0 Å². The van der Waals surface area contributed by atoms with Gasteiger partial charge in [0.05, 0.1) is 0 Å². The summed E-state index contributed by atoms with van der Waals surface area (Å²) in [6.07, 6.45) is 0. The maximum absolute atomic E-state index is 2.34. The van der Waals surface area contributed by atoms with E-state index in [0.29, 0.717) is 0 Å². The minimum Gasteiger partial charge on any atom is -0.112 e. The maximum Gasteiger partial charge on any atom is -0.0131 e. The summed E-state index contributed by atoms with van der Waals surface area (Å²) in [6, 6.07) is 24.5. The van der Waals surface area contributed by atoms with Gasteiger partial charge in [-0.3, -0.25) is 0 Å². The summed E-state index contributed by atoms with van der Waals surface area (Å²) in [6.45, 7) is 9.07. The van der Waals surface area contributed by atoms with Crippen LogP contribution in [0.5, 0.6) is 0 Å². The molecule has 0 aliphatic rings. The predicted octanol–water partition coefficient (Wildman–Crippen LogP) is 6.98. The Bertz CT molecular complexity index is 1040. The van der Waals surface area contributed by atoms with Gasteiger partial charge in [-0.25, -0.2) is 0 Å². The van der Waals surface area contributed by atoms with Crippen LogP contribution in [-0.2, 0) is 5.41 Å². The first-order chi connectivity index (χ1) is 11.5. The van der Waals surface area contributed by atoms with Gasteiger partial charge < -0.3 is 0 Å². The minimum atomic E-state index is 0.116. The molecule has 0 aliphatic heterocycles. The molecule has 0 aromatic heterocycles. The van der Waals surface area contributed by atoms with Crippen molar-refractivity contribution in [3.8, 4) is 11.1 Å². The molecule has 0 fully saturated rings. The van der Waals surface area contributed by atoms with E-state index in [1.807, 2.05) is 0 Å². The Morgan fingerprint density at radius 2 is 1.50 bits per heavy atom. The van der Waals surface area contributed by atoms with Crippen LogP contribution in [0.1, 0.15) is 31.9 Å². The number of fused-ring (bicyclic) bond motifs is 3. The van der Waals surface area contributed by atoms with Crippen molar-refractivity contribution >= 4 is 21.5 Å². The van der Waals surface area contributed by atoms with Crippen LogP contribution in [-0.4, -0.2) is 0 Å². The van der Waals surface area contributed by atoms with Crippen LogP contribution in [0.4, 0.5) is 0 Å². The van der Waals surface area contributed by atoms with Crippen LogP contribution in [0.25, 0.3) is 32.7 Å². The van der Waals surface area contributed by atoms with Gasteiger partial charge in [-0.1, -0.05) is 97.3 Å². The van der Waals surface area contributed by atoms with Crippen molar-refractivity contribution in [2.24, 2.45) is 0 Å². The summed E-state index contributed by atoms with van der Waals surface area (Å²) >= 11 is 0. The second-order valence-corrected chi connectivity index (χ2v) is 7.77. The first-order valence-electron chi connectivity index (χ1n) is 8.64. The third-order valence-corrected chi connectivity index (χ3v) is 4.94. The molecule has 0 saturated carbocycles. The van der Waals surface area contributed by atoms with E-state index in [4.69, 9.17) is 0 Å². The summed E-state index contributed by atoms with van der Waals surface area (Å²) in [5, 5.41) is 5.43. The Labute approximate surface area is 144 Å². The second-order valence-electron chi connectivity index (χ2n) is 7.77. The van der Waals surface area contributed by atoms with Crippen molar-refractivity contribution < 1.29 is 0 Å². The zero-order valence-electron chi connectivity index (χ0n) is 14.9. The van der Waals surface area contributed by atoms with Crippen molar-refractivity contribution in [2.75, 3.05) is 0 Å². The van der Waals surface area contributed by atoms with Gasteiger partial charge in [-0.15, -0.1) is 29.8 Å². The fourth-order valence-electron chi connectivity index (χ4n) is 3.83. The van der Waals surface area contributed by atoms with Crippen LogP contribution >= 0.6 is 0 Å². The lowest BCUT2D eigenvalue weighted by atomic mass is 9.81. The van der Waals surface area contributed by atoms with Gasteiger partial charge in [0.2, 0.25) is 0 Å². The molecule has 120 valence electrons. The Kier molecular flexibility index (Phi) is 3.31. The lowest BCUT2D eigenvalue weighted by Crippen LogP contribution is -2.12. The number of hydrogen-bond acceptors (Lipinski definition) is 0. The SMILES string of the molecule is Cc1cc[c-]2c(c1)c(-c1ccccc1C(C)(C)C)c1ccccc12. The van der Waals surface area contributed by atoms with E-state index >= 15 is 0 Å². The summed E-state index contributed by atoms with van der Waals surface area (Å²) in [5.74, 6) is 0. The van der Waals surface area contributed by atoms with Crippen LogP contribution in [0.2, 0.25) is 0 Å². The molecule has 0 nitrogen and oxygen atoms in total. The Morgan fingerprint density at radius 3 is 2.29 bits per heavy atom. The molecule has 4 rings (SSSR count). The normalized spacial score (nSPS) is 12.2. The molecule has 0 atom stereocenters. The van der Waals surface area contributed by atoms with Gasteiger partial charge in [0.15, 0.2) is 0 Å². The third kappa shape index (κ3) is 2.26. The van der Waals surface area contributed by atoms with E-state index < -0.39 is 0 Å². The van der Waals surface area contributed by atoms with Crippen LogP contribution in [0.3, 0.4) is 0 Å². The van der Waals surface area contributed by atoms with Crippen molar-refractivity contribution in [1.29, 1.82) is 0 Å². The summed E-state index contributed by atoms with van der Waals surface area (Å²) < 4.78 is 0. The topological polar surface area (TPSA) is 0 Å². The smallest absolute Gasteiger partial charge is 0.0131 e. The number of hydrogen-bond donors (Lipinski definition) is 0. The minimum absolute atomic E-state index is 0.116. The quantitative estimate of drug-likeness (QED) is 0.332. The average Bonchev–Trinajstić information content (AvgIpc) is 2.87. The molecule has 0 heterocycles. The van der Waals surface area contributed by atoms with Gasteiger partial charge in [-0.05, 0) is 16.5 Å². The predicted molar refractivity (Wildman–Crippen MR) is 106 cm³/mol. The summed E-state index contributed by atoms with van der Waals surface area (Å²) in [4.78, 5) is 0. The van der Waals surface area contributed by atoms with Crippen LogP contribution < -0.4 is 0 Å². The highest BCUT2D eigenvalue weighted by Crippen LogP contribution is 2.44. The lowest BCUT2D eigenvalue weighted by molar-refractivity contribution is 0.592. The molecule has 0 heteroatoms. The molecular formula is C24H23-. The number of aryl methyl sites for hydroxylation is 1. The molecule has 0 unspecified atom stereocenters. The van der Waals surface area contributed by atoms with E-state index in [1.54, 1.807) is 0 Å².